The predicted octanol–water partition coefficient (Wildman–Crippen LogP) is 1.76. The summed E-state index contributed by atoms with van der Waals surface area (Å²) in [7, 11) is 0. The summed E-state index contributed by atoms with van der Waals surface area (Å²) in [4.78, 5) is 22.9. The van der Waals surface area contributed by atoms with Crippen molar-refractivity contribution in [3.05, 3.63) is 29.8 Å². The molecule has 1 aliphatic heterocycles. The van der Waals surface area contributed by atoms with Crippen LogP contribution in [0.15, 0.2) is 24.3 Å². The van der Waals surface area contributed by atoms with Crippen LogP contribution in [0.3, 0.4) is 0 Å². The second kappa shape index (κ2) is 7.67. The third-order valence-corrected chi connectivity index (χ3v) is 3.47. The van der Waals surface area contributed by atoms with E-state index >= 15 is 0 Å². The van der Waals surface area contributed by atoms with Crippen LogP contribution in [-0.4, -0.2) is 24.5 Å². The SMILES string of the molecule is CCCCOc1ccc(CNC(=O)C2CCC(=O)N2)cc1. The number of hydrogen-bond acceptors (Lipinski definition) is 3. The average Bonchev–Trinajstić information content (AvgIpc) is 2.93. The van der Waals surface area contributed by atoms with Crippen molar-refractivity contribution in [1.29, 1.82) is 0 Å². The molecule has 5 heteroatoms. The molecule has 2 N–H and O–H groups in total. The third-order valence-electron chi connectivity index (χ3n) is 3.47. The fraction of sp³-hybridized carbons (Fsp3) is 0.500. The molecule has 114 valence electrons. The minimum Gasteiger partial charge on any atom is -0.494 e. The number of benzene rings is 1. The normalized spacial score (nSPS) is 17.4. The van der Waals surface area contributed by atoms with E-state index in [0.717, 1.165) is 30.8 Å². The highest BCUT2D eigenvalue weighted by molar-refractivity contribution is 5.90. The summed E-state index contributed by atoms with van der Waals surface area (Å²) in [5.74, 6) is 0.675. The van der Waals surface area contributed by atoms with Gasteiger partial charge in [0.1, 0.15) is 11.8 Å². The fourth-order valence-electron chi connectivity index (χ4n) is 2.16. The van der Waals surface area contributed by atoms with Gasteiger partial charge in [-0.15, -0.1) is 0 Å². The summed E-state index contributed by atoms with van der Waals surface area (Å²) in [5, 5.41) is 5.50. The van der Waals surface area contributed by atoms with Crippen LogP contribution in [0.2, 0.25) is 0 Å². The zero-order valence-electron chi connectivity index (χ0n) is 12.4. The minimum absolute atomic E-state index is 0.0521. The van der Waals surface area contributed by atoms with E-state index < -0.39 is 0 Å². The van der Waals surface area contributed by atoms with E-state index in [4.69, 9.17) is 4.74 Å². The smallest absolute Gasteiger partial charge is 0.242 e. The molecular weight excluding hydrogens is 268 g/mol. The topological polar surface area (TPSA) is 67.4 Å². The third kappa shape index (κ3) is 4.77. The van der Waals surface area contributed by atoms with Crippen LogP contribution in [0.4, 0.5) is 0 Å². The van der Waals surface area contributed by atoms with Crippen molar-refractivity contribution >= 4 is 11.8 Å². The number of nitrogens with one attached hydrogen (secondary N) is 2. The number of ether oxygens (including phenoxy) is 1. The van der Waals surface area contributed by atoms with E-state index in [0.29, 0.717) is 19.4 Å². The largest absolute Gasteiger partial charge is 0.494 e. The molecule has 0 aliphatic carbocycles. The van der Waals surface area contributed by atoms with Gasteiger partial charge in [0.25, 0.3) is 0 Å². The van der Waals surface area contributed by atoms with Crippen LogP contribution in [-0.2, 0) is 16.1 Å². The van der Waals surface area contributed by atoms with Gasteiger partial charge in [-0.3, -0.25) is 9.59 Å². The molecule has 0 bridgehead atoms. The number of amides is 2. The fourth-order valence-corrected chi connectivity index (χ4v) is 2.16. The quantitative estimate of drug-likeness (QED) is 0.752. The van der Waals surface area contributed by atoms with Crippen LogP contribution >= 0.6 is 0 Å². The number of unbranched alkanes of at least 4 members (excludes halogenated alkanes) is 1. The Morgan fingerprint density at radius 2 is 2.14 bits per heavy atom. The van der Waals surface area contributed by atoms with Gasteiger partial charge in [0.2, 0.25) is 11.8 Å². The Balaban J connectivity index is 1.75. The van der Waals surface area contributed by atoms with E-state index in [-0.39, 0.29) is 17.9 Å². The second-order valence-corrected chi connectivity index (χ2v) is 5.22. The molecule has 0 spiro atoms. The number of rotatable bonds is 7. The number of carbonyl (C=O) groups excluding carboxylic acids is 2. The van der Waals surface area contributed by atoms with Crippen molar-refractivity contribution in [2.24, 2.45) is 0 Å². The number of hydrogen-bond donors (Lipinski definition) is 2. The Morgan fingerprint density at radius 3 is 2.76 bits per heavy atom. The van der Waals surface area contributed by atoms with Crippen molar-refractivity contribution < 1.29 is 14.3 Å². The molecule has 1 unspecified atom stereocenters. The summed E-state index contributed by atoms with van der Waals surface area (Å²) in [5.41, 5.74) is 1.01. The highest BCUT2D eigenvalue weighted by Gasteiger charge is 2.26. The maximum atomic E-state index is 11.9. The van der Waals surface area contributed by atoms with Gasteiger partial charge in [-0.2, -0.15) is 0 Å². The highest BCUT2D eigenvalue weighted by atomic mass is 16.5. The Hall–Kier alpha value is -2.04. The van der Waals surface area contributed by atoms with Gasteiger partial charge in [0.15, 0.2) is 0 Å². The van der Waals surface area contributed by atoms with Gasteiger partial charge in [-0.25, -0.2) is 0 Å². The van der Waals surface area contributed by atoms with Crippen LogP contribution in [0.5, 0.6) is 5.75 Å². The first kappa shape index (κ1) is 15.4. The molecule has 1 aromatic carbocycles. The lowest BCUT2D eigenvalue weighted by atomic mass is 10.2. The molecule has 5 nitrogen and oxygen atoms in total. The summed E-state index contributed by atoms with van der Waals surface area (Å²) >= 11 is 0. The van der Waals surface area contributed by atoms with Crippen LogP contribution in [0.1, 0.15) is 38.2 Å². The van der Waals surface area contributed by atoms with E-state index in [1.165, 1.54) is 0 Å². The second-order valence-electron chi connectivity index (χ2n) is 5.22. The summed E-state index contributed by atoms with van der Waals surface area (Å²) in [6.45, 7) is 3.32. The lowest BCUT2D eigenvalue weighted by Crippen LogP contribution is -2.41. The van der Waals surface area contributed by atoms with Crippen LogP contribution in [0.25, 0.3) is 0 Å². The van der Waals surface area contributed by atoms with Crippen molar-refractivity contribution in [3.63, 3.8) is 0 Å². The monoisotopic (exact) mass is 290 g/mol. The van der Waals surface area contributed by atoms with Gasteiger partial charge in [0.05, 0.1) is 6.61 Å². The Bertz CT molecular complexity index is 485. The molecule has 0 saturated carbocycles. The Morgan fingerprint density at radius 1 is 1.38 bits per heavy atom. The lowest BCUT2D eigenvalue weighted by molar-refractivity contribution is -0.125. The Kier molecular flexibility index (Phi) is 5.60. The first-order valence-corrected chi connectivity index (χ1v) is 7.48. The molecule has 21 heavy (non-hydrogen) atoms. The van der Waals surface area contributed by atoms with Gasteiger partial charge >= 0.3 is 0 Å². The first-order chi connectivity index (χ1) is 10.2. The van der Waals surface area contributed by atoms with E-state index in [2.05, 4.69) is 17.6 Å². The average molecular weight is 290 g/mol. The van der Waals surface area contributed by atoms with E-state index in [1.54, 1.807) is 0 Å². The Labute approximate surface area is 125 Å². The van der Waals surface area contributed by atoms with Gasteiger partial charge in [-0.05, 0) is 30.5 Å². The van der Waals surface area contributed by atoms with Gasteiger partial charge in [0, 0.05) is 13.0 Å². The molecule has 1 saturated heterocycles. The first-order valence-electron chi connectivity index (χ1n) is 7.48. The molecule has 2 rings (SSSR count). The molecule has 1 aliphatic rings. The molecule has 1 heterocycles. The molecule has 0 aromatic heterocycles. The summed E-state index contributed by atoms with van der Waals surface area (Å²) in [6.07, 6.45) is 3.17. The molecule has 1 fully saturated rings. The van der Waals surface area contributed by atoms with E-state index in [1.807, 2.05) is 24.3 Å². The maximum absolute atomic E-state index is 11.9. The summed E-state index contributed by atoms with van der Waals surface area (Å²) < 4.78 is 5.59. The molecule has 2 amide bonds. The summed E-state index contributed by atoms with van der Waals surface area (Å²) in [6, 6.07) is 7.32. The zero-order valence-corrected chi connectivity index (χ0v) is 12.4. The molecular formula is C16H22N2O3. The lowest BCUT2D eigenvalue weighted by Gasteiger charge is -2.11. The van der Waals surface area contributed by atoms with Crippen molar-refractivity contribution in [3.8, 4) is 5.75 Å². The molecule has 0 radical (unpaired) electrons. The molecule has 1 aromatic rings. The predicted molar refractivity (Wildman–Crippen MR) is 79.9 cm³/mol. The zero-order chi connectivity index (χ0) is 15.1. The minimum atomic E-state index is -0.380. The van der Waals surface area contributed by atoms with Gasteiger partial charge < -0.3 is 15.4 Å². The maximum Gasteiger partial charge on any atom is 0.242 e. The van der Waals surface area contributed by atoms with Crippen molar-refractivity contribution in [1.82, 2.24) is 10.6 Å². The number of carbonyl (C=O) groups is 2. The van der Waals surface area contributed by atoms with Crippen molar-refractivity contribution in [2.45, 2.75) is 45.2 Å². The van der Waals surface area contributed by atoms with Crippen LogP contribution < -0.4 is 15.4 Å². The van der Waals surface area contributed by atoms with E-state index in [9.17, 15) is 9.59 Å². The molecule has 1 atom stereocenters. The van der Waals surface area contributed by atoms with Crippen LogP contribution in [0, 0.1) is 0 Å². The standard InChI is InChI=1S/C16H22N2O3/c1-2-3-10-21-13-6-4-12(5-7-13)11-17-16(20)14-8-9-15(19)18-14/h4-7,14H,2-3,8-11H2,1H3,(H,17,20)(H,18,19). The van der Waals surface area contributed by atoms with Crippen molar-refractivity contribution in [2.75, 3.05) is 6.61 Å². The highest BCUT2D eigenvalue weighted by Crippen LogP contribution is 2.13. The van der Waals surface area contributed by atoms with Gasteiger partial charge in [-0.1, -0.05) is 25.5 Å².